The molecular formula is C14H30O2. The molecule has 0 aromatic rings. The highest BCUT2D eigenvalue weighted by Crippen LogP contribution is 2.07. The third kappa shape index (κ3) is 13.9. The highest BCUT2D eigenvalue weighted by atomic mass is 16.7. The van der Waals surface area contributed by atoms with Crippen LogP contribution in [-0.4, -0.2) is 20.0 Å². The SMILES string of the molecule is C1COCOC1.CCCCCCCCCC. The summed E-state index contributed by atoms with van der Waals surface area (Å²) in [4.78, 5) is 0. The third-order valence-electron chi connectivity index (χ3n) is 2.70. The maximum atomic E-state index is 4.85. The number of hydrogen-bond acceptors (Lipinski definition) is 2. The standard InChI is InChI=1S/C10H22.C4H8O2/c1-3-5-7-9-10-8-6-4-2;1-2-5-4-6-3-1/h3-10H2,1-2H3;1-4H2. The summed E-state index contributed by atoms with van der Waals surface area (Å²) in [5.41, 5.74) is 0. The van der Waals surface area contributed by atoms with Gasteiger partial charge in [-0.05, 0) is 6.42 Å². The summed E-state index contributed by atoms with van der Waals surface area (Å²) in [6.45, 7) is 6.79. The minimum Gasteiger partial charge on any atom is -0.355 e. The van der Waals surface area contributed by atoms with E-state index in [9.17, 15) is 0 Å². The van der Waals surface area contributed by atoms with Crippen molar-refractivity contribution in [1.29, 1.82) is 0 Å². The maximum Gasteiger partial charge on any atom is 0.146 e. The average molecular weight is 230 g/mol. The molecule has 0 amide bonds. The summed E-state index contributed by atoms with van der Waals surface area (Å²) in [7, 11) is 0. The molecule has 0 radical (unpaired) electrons. The van der Waals surface area contributed by atoms with Crippen LogP contribution in [-0.2, 0) is 9.47 Å². The van der Waals surface area contributed by atoms with Crippen molar-refractivity contribution in [3.05, 3.63) is 0 Å². The molecular weight excluding hydrogens is 200 g/mol. The monoisotopic (exact) mass is 230 g/mol. The highest BCUT2D eigenvalue weighted by molar-refractivity contribution is 4.43. The first-order valence-corrected chi connectivity index (χ1v) is 7.07. The largest absolute Gasteiger partial charge is 0.355 e. The van der Waals surface area contributed by atoms with E-state index >= 15 is 0 Å². The van der Waals surface area contributed by atoms with Crippen molar-refractivity contribution in [3.63, 3.8) is 0 Å². The molecule has 2 nitrogen and oxygen atoms in total. The van der Waals surface area contributed by atoms with Crippen molar-refractivity contribution in [2.45, 2.75) is 71.6 Å². The van der Waals surface area contributed by atoms with Crippen molar-refractivity contribution in [3.8, 4) is 0 Å². The first kappa shape index (κ1) is 15.9. The molecule has 1 saturated heterocycles. The van der Waals surface area contributed by atoms with Crippen LogP contribution in [0.2, 0.25) is 0 Å². The zero-order chi connectivity index (χ0) is 11.9. The number of unbranched alkanes of at least 4 members (excludes halogenated alkanes) is 7. The van der Waals surface area contributed by atoms with Crippen molar-refractivity contribution >= 4 is 0 Å². The smallest absolute Gasteiger partial charge is 0.146 e. The predicted octanol–water partition coefficient (Wildman–Crippen LogP) is 4.53. The molecule has 0 aromatic heterocycles. The predicted molar refractivity (Wildman–Crippen MR) is 69.7 cm³/mol. The molecule has 0 aromatic carbocycles. The fourth-order valence-electron chi connectivity index (χ4n) is 1.65. The molecule has 98 valence electrons. The molecule has 0 bridgehead atoms. The van der Waals surface area contributed by atoms with Crippen LogP contribution in [0.3, 0.4) is 0 Å². The van der Waals surface area contributed by atoms with Crippen LogP contribution in [0.15, 0.2) is 0 Å². The first-order chi connectivity index (χ1) is 7.91. The molecule has 2 heteroatoms. The Hall–Kier alpha value is -0.0800. The number of hydrogen-bond donors (Lipinski definition) is 0. The Morgan fingerprint density at radius 2 is 1.12 bits per heavy atom. The van der Waals surface area contributed by atoms with Gasteiger partial charge in [-0.3, -0.25) is 0 Å². The van der Waals surface area contributed by atoms with Gasteiger partial charge >= 0.3 is 0 Å². The van der Waals surface area contributed by atoms with Gasteiger partial charge in [0.2, 0.25) is 0 Å². The molecule has 0 saturated carbocycles. The summed E-state index contributed by atoms with van der Waals surface area (Å²) in [6.07, 6.45) is 12.5. The van der Waals surface area contributed by atoms with Gasteiger partial charge in [0, 0.05) is 0 Å². The fraction of sp³-hybridized carbons (Fsp3) is 1.00. The summed E-state index contributed by atoms with van der Waals surface area (Å²) in [6, 6.07) is 0. The lowest BCUT2D eigenvalue weighted by Crippen LogP contribution is -2.11. The molecule has 0 atom stereocenters. The van der Waals surface area contributed by atoms with Gasteiger partial charge in [-0.2, -0.15) is 0 Å². The lowest BCUT2D eigenvalue weighted by molar-refractivity contribution is -0.0963. The third-order valence-corrected chi connectivity index (χ3v) is 2.70. The van der Waals surface area contributed by atoms with Crippen molar-refractivity contribution in [1.82, 2.24) is 0 Å². The van der Waals surface area contributed by atoms with E-state index in [1.807, 2.05) is 0 Å². The molecule has 0 N–H and O–H groups in total. The van der Waals surface area contributed by atoms with Crippen LogP contribution >= 0.6 is 0 Å². The van der Waals surface area contributed by atoms with Gasteiger partial charge in [-0.1, -0.05) is 65.2 Å². The van der Waals surface area contributed by atoms with Crippen molar-refractivity contribution in [2.75, 3.05) is 20.0 Å². The Balaban J connectivity index is 0.000000315. The summed E-state index contributed by atoms with van der Waals surface area (Å²) in [5, 5.41) is 0. The Labute approximate surface area is 102 Å². The van der Waals surface area contributed by atoms with Crippen molar-refractivity contribution < 1.29 is 9.47 Å². The van der Waals surface area contributed by atoms with E-state index in [0.717, 1.165) is 19.6 Å². The molecule has 1 aliphatic heterocycles. The van der Waals surface area contributed by atoms with Crippen LogP contribution in [0.25, 0.3) is 0 Å². The van der Waals surface area contributed by atoms with E-state index in [4.69, 9.17) is 9.47 Å². The molecule has 1 rings (SSSR count). The minimum absolute atomic E-state index is 0.500. The molecule has 0 aliphatic carbocycles. The van der Waals surface area contributed by atoms with Crippen LogP contribution in [0.4, 0.5) is 0 Å². The molecule has 0 unspecified atom stereocenters. The average Bonchev–Trinajstić information content (AvgIpc) is 2.37. The Kier molecular flexibility index (Phi) is 14.8. The van der Waals surface area contributed by atoms with Gasteiger partial charge in [0.1, 0.15) is 6.79 Å². The quantitative estimate of drug-likeness (QED) is 0.598. The van der Waals surface area contributed by atoms with E-state index in [2.05, 4.69) is 13.8 Å². The molecule has 1 heterocycles. The molecule has 1 aliphatic rings. The van der Waals surface area contributed by atoms with Crippen LogP contribution in [0.1, 0.15) is 71.6 Å². The zero-order valence-electron chi connectivity index (χ0n) is 11.3. The van der Waals surface area contributed by atoms with Gasteiger partial charge in [0.25, 0.3) is 0 Å². The van der Waals surface area contributed by atoms with Gasteiger partial charge in [-0.25, -0.2) is 0 Å². The number of ether oxygens (including phenoxy) is 2. The lowest BCUT2D eigenvalue weighted by atomic mass is 10.1. The highest BCUT2D eigenvalue weighted by Gasteiger charge is 1.94. The van der Waals surface area contributed by atoms with Gasteiger partial charge < -0.3 is 9.47 Å². The summed E-state index contributed by atoms with van der Waals surface area (Å²) >= 11 is 0. The summed E-state index contributed by atoms with van der Waals surface area (Å²) < 4.78 is 9.69. The molecule has 0 spiro atoms. The lowest BCUT2D eigenvalue weighted by Gasteiger charge is -2.09. The van der Waals surface area contributed by atoms with Crippen molar-refractivity contribution in [2.24, 2.45) is 0 Å². The molecule has 16 heavy (non-hydrogen) atoms. The second kappa shape index (κ2) is 14.9. The Morgan fingerprint density at radius 1 is 0.688 bits per heavy atom. The fourth-order valence-corrected chi connectivity index (χ4v) is 1.65. The van der Waals surface area contributed by atoms with Gasteiger partial charge in [0.05, 0.1) is 13.2 Å². The number of rotatable bonds is 7. The first-order valence-electron chi connectivity index (χ1n) is 7.07. The van der Waals surface area contributed by atoms with Gasteiger partial charge in [-0.15, -0.1) is 0 Å². The Morgan fingerprint density at radius 3 is 1.38 bits per heavy atom. The topological polar surface area (TPSA) is 18.5 Å². The second-order valence-electron chi connectivity index (χ2n) is 4.41. The van der Waals surface area contributed by atoms with Crippen LogP contribution in [0, 0.1) is 0 Å². The zero-order valence-corrected chi connectivity index (χ0v) is 11.3. The van der Waals surface area contributed by atoms with Gasteiger partial charge in [0.15, 0.2) is 0 Å². The Bertz CT molecular complexity index is 91.8. The summed E-state index contributed by atoms with van der Waals surface area (Å²) in [5.74, 6) is 0. The normalized spacial score (nSPS) is 15.4. The second-order valence-corrected chi connectivity index (χ2v) is 4.41. The minimum atomic E-state index is 0.500. The molecule has 1 fully saturated rings. The van der Waals surface area contributed by atoms with Crippen LogP contribution in [0.5, 0.6) is 0 Å². The van der Waals surface area contributed by atoms with E-state index < -0.39 is 0 Å². The van der Waals surface area contributed by atoms with E-state index in [1.165, 1.54) is 51.4 Å². The van der Waals surface area contributed by atoms with E-state index in [-0.39, 0.29) is 0 Å². The maximum absolute atomic E-state index is 4.85. The van der Waals surface area contributed by atoms with E-state index in [1.54, 1.807) is 0 Å². The van der Waals surface area contributed by atoms with Crippen LogP contribution < -0.4 is 0 Å². The van der Waals surface area contributed by atoms with E-state index in [0.29, 0.717) is 6.79 Å².